The van der Waals surface area contributed by atoms with E-state index in [4.69, 9.17) is 5.73 Å². The summed E-state index contributed by atoms with van der Waals surface area (Å²) in [5, 5.41) is 0. The fourth-order valence-electron chi connectivity index (χ4n) is 2.58. The van der Waals surface area contributed by atoms with Crippen LogP contribution >= 0.6 is 0 Å². The van der Waals surface area contributed by atoms with Crippen LogP contribution in [0.2, 0.25) is 0 Å². The maximum atomic E-state index is 5.73. The molecular formula is C13H28N2. The highest BCUT2D eigenvalue weighted by Crippen LogP contribution is 2.22. The topological polar surface area (TPSA) is 29.3 Å². The monoisotopic (exact) mass is 212 g/mol. The Kier molecular flexibility index (Phi) is 6.26. The maximum absolute atomic E-state index is 5.73. The van der Waals surface area contributed by atoms with Crippen molar-refractivity contribution in [3.8, 4) is 0 Å². The molecule has 0 saturated heterocycles. The lowest BCUT2D eigenvalue weighted by atomic mass is 9.94. The van der Waals surface area contributed by atoms with E-state index in [9.17, 15) is 0 Å². The zero-order valence-corrected chi connectivity index (χ0v) is 10.5. The van der Waals surface area contributed by atoms with Crippen LogP contribution < -0.4 is 5.73 Å². The smallest absolute Gasteiger partial charge is 0.00922 e. The average molecular weight is 212 g/mol. The van der Waals surface area contributed by atoms with Crippen molar-refractivity contribution in [2.75, 3.05) is 20.1 Å². The lowest BCUT2D eigenvalue weighted by Gasteiger charge is -2.32. The number of nitrogens with zero attached hydrogens (tertiary/aromatic N) is 1. The molecule has 1 aliphatic carbocycles. The third kappa shape index (κ3) is 4.52. The first-order valence-corrected chi connectivity index (χ1v) is 6.68. The Morgan fingerprint density at radius 1 is 1.27 bits per heavy atom. The number of hydrogen-bond acceptors (Lipinski definition) is 2. The van der Waals surface area contributed by atoms with Crippen LogP contribution in [0.1, 0.15) is 51.9 Å². The van der Waals surface area contributed by atoms with Gasteiger partial charge in [0.15, 0.2) is 0 Å². The second kappa shape index (κ2) is 7.24. The normalized spacial score (nSPS) is 20.8. The van der Waals surface area contributed by atoms with Gasteiger partial charge >= 0.3 is 0 Å². The molecule has 1 aliphatic rings. The van der Waals surface area contributed by atoms with Crippen LogP contribution in [-0.2, 0) is 0 Å². The lowest BCUT2D eigenvalue weighted by molar-refractivity contribution is 0.180. The molecule has 2 nitrogen and oxygen atoms in total. The van der Waals surface area contributed by atoms with Crippen LogP contribution in [0.25, 0.3) is 0 Å². The molecule has 1 unspecified atom stereocenters. The molecule has 0 aromatic carbocycles. The van der Waals surface area contributed by atoms with Gasteiger partial charge in [0.25, 0.3) is 0 Å². The lowest BCUT2D eigenvalue weighted by Crippen LogP contribution is -2.35. The summed E-state index contributed by atoms with van der Waals surface area (Å²) in [7, 11) is 2.29. The van der Waals surface area contributed by atoms with Gasteiger partial charge in [-0.2, -0.15) is 0 Å². The van der Waals surface area contributed by atoms with E-state index in [0.29, 0.717) is 0 Å². The molecule has 1 saturated carbocycles. The predicted molar refractivity (Wildman–Crippen MR) is 67.0 cm³/mol. The molecule has 0 aliphatic heterocycles. The molecule has 90 valence electrons. The van der Waals surface area contributed by atoms with Crippen molar-refractivity contribution in [1.29, 1.82) is 0 Å². The quantitative estimate of drug-likeness (QED) is 0.733. The molecule has 1 rings (SSSR count). The molecule has 0 bridgehead atoms. The fourth-order valence-corrected chi connectivity index (χ4v) is 2.58. The Balaban J connectivity index is 2.18. The van der Waals surface area contributed by atoms with Crippen molar-refractivity contribution in [3.63, 3.8) is 0 Å². The summed E-state index contributed by atoms with van der Waals surface area (Å²) >= 11 is 0. The number of nitrogens with two attached hydrogens (primary N) is 1. The Hall–Kier alpha value is -0.0800. The standard InChI is InChI=1S/C13H28N2/c1-3-12(11-14)9-10-15(2)13-7-5-4-6-8-13/h12-13H,3-11,14H2,1-2H3. The van der Waals surface area contributed by atoms with Crippen LogP contribution in [0.3, 0.4) is 0 Å². The molecule has 15 heavy (non-hydrogen) atoms. The van der Waals surface area contributed by atoms with Crippen LogP contribution in [0.5, 0.6) is 0 Å². The van der Waals surface area contributed by atoms with Crippen molar-refractivity contribution >= 4 is 0 Å². The summed E-state index contributed by atoms with van der Waals surface area (Å²) in [6, 6.07) is 0.856. The van der Waals surface area contributed by atoms with Gasteiger partial charge in [-0.05, 0) is 45.3 Å². The highest BCUT2D eigenvalue weighted by atomic mass is 15.1. The third-order valence-electron chi connectivity index (χ3n) is 4.00. The zero-order valence-electron chi connectivity index (χ0n) is 10.5. The van der Waals surface area contributed by atoms with E-state index >= 15 is 0 Å². The molecule has 0 amide bonds. The van der Waals surface area contributed by atoms with Crippen molar-refractivity contribution in [2.24, 2.45) is 11.7 Å². The summed E-state index contributed by atoms with van der Waals surface area (Å²) in [6.45, 7) is 4.34. The Morgan fingerprint density at radius 2 is 1.93 bits per heavy atom. The van der Waals surface area contributed by atoms with Gasteiger partial charge in [-0.15, -0.1) is 0 Å². The van der Waals surface area contributed by atoms with Crippen molar-refractivity contribution in [2.45, 2.75) is 57.9 Å². The van der Waals surface area contributed by atoms with Gasteiger partial charge in [-0.25, -0.2) is 0 Å². The maximum Gasteiger partial charge on any atom is 0.00922 e. The minimum absolute atomic E-state index is 0.732. The largest absolute Gasteiger partial charge is 0.330 e. The van der Waals surface area contributed by atoms with E-state index < -0.39 is 0 Å². The number of rotatable bonds is 6. The van der Waals surface area contributed by atoms with Gasteiger partial charge in [0, 0.05) is 6.04 Å². The third-order valence-corrected chi connectivity index (χ3v) is 4.00. The Morgan fingerprint density at radius 3 is 2.47 bits per heavy atom. The Labute approximate surface area is 95.2 Å². The number of hydrogen-bond donors (Lipinski definition) is 1. The van der Waals surface area contributed by atoms with Crippen molar-refractivity contribution in [3.05, 3.63) is 0 Å². The fraction of sp³-hybridized carbons (Fsp3) is 1.00. The average Bonchev–Trinajstić information content (AvgIpc) is 2.31. The summed E-state index contributed by atoms with van der Waals surface area (Å²) in [4.78, 5) is 2.57. The van der Waals surface area contributed by atoms with Crippen molar-refractivity contribution in [1.82, 2.24) is 4.90 Å². The van der Waals surface area contributed by atoms with Crippen LogP contribution in [-0.4, -0.2) is 31.1 Å². The summed E-state index contributed by atoms with van der Waals surface area (Å²) < 4.78 is 0. The van der Waals surface area contributed by atoms with Crippen LogP contribution in [0.15, 0.2) is 0 Å². The van der Waals surface area contributed by atoms with Crippen molar-refractivity contribution < 1.29 is 0 Å². The molecule has 0 aromatic heterocycles. The molecule has 0 aromatic rings. The predicted octanol–water partition coefficient (Wildman–Crippen LogP) is 2.63. The molecule has 0 heterocycles. The van der Waals surface area contributed by atoms with E-state index in [1.807, 2.05) is 0 Å². The van der Waals surface area contributed by atoms with Gasteiger partial charge in [0.2, 0.25) is 0 Å². The van der Waals surface area contributed by atoms with Crippen LogP contribution in [0.4, 0.5) is 0 Å². The summed E-state index contributed by atoms with van der Waals surface area (Å²) in [5.41, 5.74) is 5.73. The second-order valence-electron chi connectivity index (χ2n) is 5.07. The van der Waals surface area contributed by atoms with E-state index in [2.05, 4.69) is 18.9 Å². The molecular weight excluding hydrogens is 184 g/mol. The first-order chi connectivity index (χ1) is 7.27. The molecule has 1 atom stereocenters. The van der Waals surface area contributed by atoms with E-state index in [-0.39, 0.29) is 0 Å². The van der Waals surface area contributed by atoms with Gasteiger partial charge < -0.3 is 10.6 Å². The van der Waals surface area contributed by atoms with E-state index in [1.54, 1.807) is 0 Å². The van der Waals surface area contributed by atoms with Crippen LogP contribution in [0, 0.1) is 5.92 Å². The first kappa shape index (κ1) is 13.0. The molecule has 0 spiro atoms. The van der Waals surface area contributed by atoms with Gasteiger partial charge in [0.05, 0.1) is 0 Å². The highest BCUT2D eigenvalue weighted by Gasteiger charge is 2.18. The minimum atomic E-state index is 0.732. The highest BCUT2D eigenvalue weighted by molar-refractivity contribution is 4.74. The molecule has 1 fully saturated rings. The van der Waals surface area contributed by atoms with Gasteiger partial charge in [0.1, 0.15) is 0 Å². The molecule has 2 heteroatoms. The van der Waals surface area contributed by atoms with E-state index in [0.717, 1.165) is 18.5 Å². The Bertz CT molecular complexity index is 149. The van der Waals surface area contributed by atoms with E-state index in [1.165, 1.54) is 51.5 Å². The first-order valence-electron chi connectivity index (χ1n) is 6.68. The second-order valence-corrected chi connectivity index (χ2v) is 5.07. The summed E-state index contributed by atoms with van der Waals surface area (Å²) in [5.74, 6) is 0.732. The molecule has 0 radical (unpaired) electrons. The molecule has 2 N–H and O–H groups in total. The zero-order chi connectivity index (χ0) is 11.1. The SMILES string of the molecule is CCC(CN)CCN(C)C1CCCCC1. The summed E-state index contributed by atoms with van der Waals surface area (Å²) in [6.07, 6.45) is 9.65. The van der Waals surface area contributed by atoms with Gasteiger partial charge in [-0.3, -0.25) is 0 Å². The minimum Gasteiger partial charge on any atom is -0.330 e. The van der Waals surface area contributed by atoms with Gasteiger partial charge in [-0.1, -0.05) is 32.6 Å².